The second kappa shape index (κ2) is 7.20. The van der Waals surface area contributed by atoms with Gasteiger partial charge < -0.3 is 4.42 Å². The highest BCUT2D eigenvalue weighted by Gasteiger charge is 2.08. The van der Waals surface area contributed by atoms with Crippen LogP contribution in [0.3, 0.4) is 0 Å². The normalized spacial score (nSPS) is 11.3. The van der Waals surface area contributed by atoms with Crippen LogP contribution in [-0.4, -0.2) is 11.2 Å². The minimum absolute atomic E-state index is 0.318. The van der Waals surface area contributed by atoms with Gasteiger partial charge in [-0.05, 0) is 59.1 Å². The van der Waals surface area contributed by atoms with Crippen molar-refractivity contribution in [3.8, 4) is 11.1 Å². The number of hydrogen-bond donors (Lipinski definition) is 1. The predicted molar refractivity (Wildman–Crippen MR) is 107 cm³/mol. The lowest BCUT2D eigenvalue weighted by molar-refractivity contribution is 0.562. The van der Waals surface area contributed by atoms with Gasteiger partial charge in [0.1, 0.15) is 11.6 Å². The van der Waals surface area contributed by atoms with Crippen molar-refractivity contribution < 1.29 is 4.42 Å². The molecular formula is C20H13Cl2N3O. The molecule has 2 aromatic heterocycles. The molecule has 0 atom stereocenters. The lowest BCUT2D eigenvalue weighted by Gasteiger charge is -2.10. The van der Waals surface area contributed by atoms with Gasteiger partial charge in [0.15, 0.2) is 5.22 Å². The van der Waals surface area contributed by atoms with E-state index in [4.69, 9.17) is 27.6 Å². The predicted octanol–water partition coefficient (Wildman–Crippen LogP) is 6.25. The quantitative estimate of drug-likeness (QED) is 0.335. The molecule has 6 heteroatoms. The maximum absolute atomic E-state index is 6.18. The fourth-order valence-electron chi connectivity index (χ4n) is 2.67. The first-order valence-electron chi connectivity index (χ1n) is 7.89. The van der Waals surface area contributed by atoms with Crippen LogP contribution in [0.25, 0.3) is 22.0 Å². The summed E-state index contributed by atoms with van der Waals surface area (Å²) in [5, 5.41) is 6.14. The fraction of sp³-hybridized carbons (Fsp3) is 0. The molecule has 4 nitrogen and oxygen atoms in total. The first-order valence-corrected chi connectivity index (χ1v) is 8.65. The molecule has 0 saturated heterocycles. The average molecular weight is 382 g/mol. The van der Waals surface area contributed by atoms with E-state index in [1.165, 1.54) is 0 Å². The molecule has 0 radical (unpaired) electrons. The van der Waals surface area contributed by atoms with E-state index < -0.39 is 0 Å². The third-order valence-electron chi connectivity index (χ3n) is 3.82. The van der Waals surface area contributed by atoms with Crippen molar-refractivity contribution in [3.05, 3.63) is 82.7 Å². The summed E-state index contributed by atoms with van der Waals surface area (Å²) < 4.78 is 5.24. The molecule has 0 bridgehead atoms. The number of halogens is 2. The zero-order valence-corrected chi connectivity index (χ0v) is 15.0. The molecule has 0 saturated carbocycles. The molecule has 4 rings (SSSR count). The number of anilines is 1. The number of pyridine rings is 1. The Kier molecular flexibility index (Phi) is 4.61. The fourth-order valence-corrected chi connectivity index (χ4v) is 3.00. The molecular weight excluding hydrogens is 369 g/mol. The first kappa shape index (κ1) is 16.6. The molecule has 26 heavy (non-hydrogen) atoms. The molecule has 0 aliphatic carbocycles. The number of benzene rings is 2. The summed E-state index contributed by atoms with van der Waals surface area (Å²) in [6.07, 6.45) is 1.54. The summed E-state index contributed by atoms with van der Waals surface area (Å²) in [5.74, 6) is 1.17. The van der Waals surface area contributed by atoms with Crippen molar-refractivity contribution in [1.82, 2.24) is 4.98 Å². The standard InChI is InChI=1S/C20H13Cl2N3O/c21-14-6-8-18-17(10-14)16(13-4-2-1-3-5-13)11-20(24-18)25-23-12-15-7-9-19(22)26-15/h1-12H,(H,24,25). The van der Waals surface area contributed by atoms with Gasteiger partial charge in [0.2, 0.25) is 0 Å². The van der Waals surface area contributed by atoms with Gasteiger partial charge in [-0.15, -0.1) is 0 Å². The van der Waals surface area contributed by atoms with Crippen LogP contribution in [0.4, 0.5) is 5.82 Å². The number of furan rings is 1. The van der Waals surface area contributed by atoms with Crippen LogP contribution in [0.15, 0.2) is 76.2 Å². The third-order valence-corrected chi connectivity index (χ3v) is 4.26. The van der Waals surface area contributed by atoms with E-state index in [1.807, 2.05) is 54.6 Å². The van der Waals surface area contributed by atoms with Crippen LogP contribution in [-0.2, 0) is 0 Å². The van der Waals surface area contributed by atoms with E-state index >= 15 is 0 Å². The highest BCUT2D eigenvalue weighted by atomic mass is 35.5. The van der Waals surface area contributed by atoms with Crippen LogP contribution in [0.1, 0.15) is 5.76 Å². The van der Waals surface area contributed by atoms with E-state index in [0.29, 0.717) is 21.8 Å². The summed E-state index contributed by atoms with van der Waals surface area (Å²) in [4.78, 5) is 4.60. The number of nitrogens with zero attached hydrogens (tertiary/aromatic N) is 2. The number of nitrogens with one attached hydrogen (secondary N) is 1. The van der Waals surface area contributed by atoms with Crippen LogP contribution in [0.2, 0.25) is 10.2 Å². The largest absolute Gasteiger partial charge is 0.444 e. The van der Waals surface area contributed by atoms with Crippen LogP contribution in [0, 0.1) is 0 Å². The summed E-state index contributed by atoms with van der Waals surface area (Å²) in [6.45, 7) is 0. The topological polar surface area (TPSA) is 50.4 Å². The van der Waals surface area contributed by atoms with Crippen molar-refractivity contribution in [2.75, 3.05) is 5.43 Å². The summed E-state index contributed by atoms with van der Waals surface area (Å²) in [5.41, 5.74) is 5.87. The maximum atomic E-state index is 6.18. The monoisotopic (exact) mass is 381 g/mol. The maximum Gasteiger partial charge on any atom is 0.193 e. The van der Waals surface area contributed by atoms with Crippen LogP contribution < -0.4 is 5.43 Å². The lowest BCUT2D eigenvalue weighted by atomic mass is 10.0. The van der Waals surface area contributed by atoms with E-state index in [2.05, 4.69) is 15.5 Å². The SMILES string of the molecule is Clc1ccc2nc(NN=Cc3ccc(Cl)o3)cc(-c3ccccc3)c2c1. The van der Waals surface area contributed by atoms with Gasteiger partial charge in [-0.2, -0.15) is 5.10 Å². The van der Waals surface area contributed by atoms with E-state index in [-0.39, 0.29) is 0 Å². The molecule has 0 aliphatic heterocycles. The van der Waals surface area contributed by atoms with Gasteiger partial charge in [-0.25, -0.2) is 4.98 Å². The smallest absolute Gasteiger partial charge is 0.193 e. The van der Waals surface area contributed by atoms with E-state index in [0.717, 1.165) is 22.0 Å². The van der Waals surface area contributed by atoms with E-state index in [1.54, 1.807) is 18.3 Å². The van der Waals surface area contributed by atoms with Crippen LogP contribution >= 0.6 is 23.2 Å². The lowest BCUT2D eigenvalue weighted by Crippen LogP contribution is -1.95. The Morgan fingerprint density at radius 3 is 2.58 bits per heavy atom. The number of rotatable bonds is 4. The molecule has 0 unspecified atom stereocenters. The second-order valence-electron chi connectivity index (χ2n) is 5.59. The molecule has 0 aliphatic rings. The average Bonchev–Trinajstić information content (AvgIpc) is 3.07. The third kappa shape index (κ3) is 3.57. The molecule has 1 N–H and O–H groups in total. The van der Waals surface area contributed by atoms with Gasteiger partial charge in [-0.1, -0.05) is 41.9 Å². The number of hydrazone groups is 1. The highest BCUT2D eigenvalue weighted by Crippen LogP contribution is 2.31. The molecule has 4 aromatic rings. The molecule has 128 valence electrons. The highest BCUT2D eigenvalue weighted by molar-refractivity contribution is 6.31. The summed E-state index contributed by atoms with van der Waals surface area (Å²) in [6, 6.07) is 21.1. The number of aromatic nitrogens is 1. The van der Waals surface area contributed by atoms with E-state index in [9.17, 15) is 0 Å². The second-order valence-corrected chi connectivity index (χ2v) is 6.40. The van der Waals surface area contributed by atoms with Crippen molar-refractivity contribution in [1.29, 1.82) is 0 Å². The van der Waals surface area contributed by atoms with Gasteiger partial charge in [-0.3, -0.25) is 5.43 Å². The zero-order valence-electron chi connectivity index (χ0n) is 13.5. The van der Waals surface area contributed by atoms with Gasteiger partial charge in [0.25, 0.3) is 0 Å². The Balaban J connectivity index is 1.74. The summed E-state index contributed by atoms with van der Waals surface area (Å²) in [7, 11) is 0. The van der Waals surface area contributed by atoms with Gasteiger partial charge >= 0.3 is 0 Å². The summed E-state index contributed by atoms with van der Waals surface area (Å²) >= 11 is 11.9. The Bertz CT molecular complexity index is 1090. The van der Waals surface area contributed by atoms with Gasteiger partial charge in [0, 0.05) is 10.4 Å². The number of hydrogen-bond acceptors (Lipinski definition) is 4. The van der Waals surface area contributed by atoms with Crippen molar-refractivity contribution >= 4 is 46.1 Å². The molecule has 2 heterocycles. The number of fused-ring (bicyclic) bond motifs is 1. The minimum atomic E-state index is 0.318. The molecule has 0 fully saturated rings. The molecule has 2 aromatic carbocycles. The minimum Gasteiger partial charge on any atom is -0.444 e. The van der Waals surface area contributed by atoms with Gasteiger partial charge in [0.05, 0.1) is 11.7 Å². The zero-order chi connectivity index (χ0) is 17.9. The molecule has 0 amide bonds. The Labute approximate surface area is 160 Å². The Morgan fingerprint density at radius 1 is 0.962 bits per heavy atom. The van der Waals surface area contributed by atoms with Crippen molar-refractivity contribution in [3.63, 3.8) is 0 Å². The van der Waals surface area contributed by atoms with Crippen molar-refractivity contribution in [2.24, 2.45) is 5.10 Å². The van der Waals surface area contributed by atoms with Crippen molar-refractivity contribution in [2.45, 2.75) is 0 Å². The molecule has 0 spiro atoms. The first-order chi connectivity index (χ1) is 12.7. The Hall–Kier alpha value is -2.82. The Morgan fingerprint density at radius 2 is 1.81 bits per heavy atom. The van der Waals surface area contributed by atoms with Crippen LogP contribution in [0.5, 0.6) is 0 Å².